The van der Waals surface area contributed by atoms with Gasteiger partial charge in [-0.1, -0.05) is 6.42 Å². The Hall–Kier alpha value is -2.20. The van der Waals surface area contributed by atoms with Gasteiger partial charge in [-0.25, -0.2) is 4.98 Å². The topological polar surface area (TPSA) is 109 Å². The molecular weight excluding hydrogens is 270 g/mol. The van der Waals surface area contributed by atoms with Crippen LogP contribution < -0.4 is 10.6 Å². The number of nitro groups is 1. The zero-order valence-electron chi connectivity index (χ0n) is 11.6. The van der Waals surface area contributed by atoms with Crippen molar-refractivity contribution in [1.29, 1.82) is 5.26 Å². The predicted octanol–water partition coefficient (Wildman–Crippen LogP) is 1.43. The highest BCUT2D eigenvalue weighted by molar-refractivity contribution is 5.65. The van der Waals surface area contributed by atoms with Crippen LogP contribution in [0.15, 0.2) is 12.3 Å². The van der Waals surface area contributed by atoms with Crippen LogP contribution >= 0.6 is 0 Å². The first kappa shape index (κ1) is 13.8. The van der Waals surface area contributed by atoms with Gasteiger partial charge < -0.3 is 10.6 Å². The van der Waals surface area contributed by atoms with Crippen LogP contribution in [-0.2, 0) is 0 Å². The standard InChI is InChI=1S/C14H17N5O2/c15-6-9-4-5-17-14(13(9)19(20)21)18-7-10-2-1-3-12(16)11(10)8-18/h4-5,10-12H,1-3,7-8,16H2. The molecule has 2 fully saturated rings. The first-order valence-corrected chi connectivity index (χ1v) is 7.16. The van der Waals surface area contributed by atoms with Crippen LogP contribution in [-0.4, -0.2) is 29.0 Å². The van der Waals surface area contributed by atoms with Gasteiger partial charge in [-0.3, -0.25) is 10.1 Å². The molecule has 1 aromatic rings. The van der Waals surface area contributed by atoms with Gasteiger partial charge in [0.05, 0.1) is 4.92 Å². The van der Waals surface area contributed by atoms with Crippen molar-refractivity contribution in [1.82, 2.24) is 4.98 Å². The number of anilines is 1. The van der Waals surface area contributed by atoms with Gasteiger partial charge in [0.2, 0.25) is 5.82 Å². The number of nitrogens with two attached hydrogens (primary N) is 1. The molecule has 1 aliphatic heterocycles. The zero-order chi connectivity index (χ0) is 15.0. The molecule has 3 atom stereocenters. The Morgan fingerprint density at radius 2 is 2.29 bits per heavy atom. The van der Waals surface area contributed by atoms with Crippen molar-refractivity contribution in [3.63, 3.8) is 0 Å². The lowest BCUT2D eigenvalue weighted by molar-refractivity contribution is -0.384. The number of pyridine rings is 1. The summed E-state index contributed by atoms with van der Waals surface area (Å²) in [6, 6.07) is 3.42. The molecule has 0 radical (unpaired) electrons. The number of aromatic nitrogens is 1. The Kier molecular flexibility index (Phi) is 3.47. The van der Waals surface area contributed by atoms with E-state index < -0.39 is 4.92 Å². The highest BCUT2D eigenvalue weighted by atomic mass is 16.6. The number of rotatable bonds is 2. The van der Waals surface area contributed by atoms with Gasteiger partial charge >= 0.3 is 5.69 Å². The Bertz CT molecular complexity index is 612. The van der Waals surface area contributed by atoms with Crippen LogP contribution in [0.25, 0.3) is 0 Å². The number of nitrogens with zero attached hydrogens (tertiary/aromatic N) is 4. The highest BCUT2D eigenvalue weighted by Crippen LogP contribution is 2.40. The molecule has 3 rings (SSSR count). The van der Waals surface area contributed by atoms with E-state index in [4.69, 9.17) is 11.0 Å². The van der Waals surface area contributed by atoms with E-state index in [0.29, 0.717) is 24.2 Å². The number of hydrogen-bond acceptors (Lipinski definition) is 6. The fourth-order valence-corrected chi connectivity index (χ4v) is 3.63. The van der Waals surface area contributed by atoms with Crippen molar-refractivity contribution >= 4 is 11.5 Å². The lowest BCUT2D eigenvalue weighted by Gasteiger charge is -2.29. The summed E-state index contributed by atoms with van der Waals surface area (Å²) in [4.78, 5) is 16.9. The van der Waals surface area contributed by atoms with Crippen LogP contribution in [0.2, 0.25) is 0 Å². The quantitative estimate of drug-likeness (QED) is 0.651. The van der Waals surface area contributed by atoms with Crippen LogP contribution in [0.3, 0.4) is 0 Å². The van der Waals surface area contributed by atoms with Gasteiger partial charge in [0.15, 0.2) is 0 Å². The summed E-state index contributed by atoms with van der Waals surface area (Å²) in [6.07, 6.45) is 4.70. The molecule has 0 amide bonds. The van der Waals surface area contributed by atoms with Crippen molar-refractivity contribution in [3.05, 3.63) is 27.9 Å². The molecule has 7 heteroatoms. The van der Waals surface area contributed by atoms with E-state index in [-0.39, 0.29) is 17.3 Å². The van der Waals surface area contributed by atoms with Gasteiger partial charge in [-0.2, -0.15) is 5.26 Å². The van der Waals surface area contributed by atoms with Crippen LogP contribution in [0.4, 0.5) is 11.5 Å². The van der Waals surface area contributed by atoms with Gasteiger partial charge in [0.25, 0.3) is 0 Å². The fraction of sp³-hybridized carbons (Fsp3) is 0.571. The van der Waals surface area contributed by atoms with E-state index in [2.05, 4.69) is 4.98 Å². The number of fused-ring (bicyclic) bond motifs is 1. The van der Waals surface area contributed by atoms with Crippen molar-refractivity contribution < 1.29 is 4.92 Å². The Morgan fingerprint density at radius 1 is 1.48 bits per heavy atom. The minimum atomic E-state index is -0.511. The molecule has 0 spiro atoms. The first-order valence-electron chi connectivity index (χ1n) is 7.16. The molecule has 7 nitrogen and oxygen atoms in total. The number of nitriles is 1. The van der Waals surface area contributed by atoms with Gasteiger partial charge in [0, 0.05) is 25.3 Å². The largest absolute Gasteiger partial charge is 0.350 e. The predicted molar refractivity (Wildman–Crippen MR) is 76.6 cm³/mol. The van der Waals surface area contributed by atoms with Crippen molar-refractivity contribution in [2.45, 2.75) is 25.3 Å². The van der Waals surface area contributed by atoms with Gasteiger partial charge in [-0.15, -0.1) is 0 Å². The van der Waals surface area contributed by atoms with E-state index in [9.17, 15) is 10.1 Å². The molecule has 2 N–H and O–H groups in total. The molecule has 1 saturated carbocycles. The molecule has 0 bridgehead atoms. The van der Waals surface area contributed by atoms with Crippen LogP contribution in [0, 0.1) is 33.3 Å². The normalized spacial score (nSPS) is 28.0. The summed E-state index contributed by atoms with van der Waals surface area (Å²) in [7, 11) is 0. The number of hydrogen-bond donors (Lipinski definition) is 1. The maximum absolute atomic E-state index is 11.3. The molecule has 3 unspecified atom stereocenters. The average molecular weight is 287 g/mol. The minimum Gasteiger partial charge on any atom is -0.350 e. The summed E-state index contributed by atoms with van der Waals surface area (Å²) in [6.45, 7) is 1.43. The van der Waals surface area contributed by atoms with Gasteiger partial charge in [0.1, 0.15) is 11.6 Å². The SMILES string of the molecule is N#Cc1ccnc(N2CC3CCCC(N)C3C2)c1[N+](=O)[O-]. The minimum absolute atomic E-state index is 0.0594. The summed E-state index contributed by atoms with van der Waals surface area (Å²) in [5, 5.41) is 20.4. The van der Waals surface area contributed by atoms with E-state index in [1.165, 1.54) is 12.3 Å². The van der Waals surface area contributed by atoms with E-state index in [1.54, 1.807) is 0 Å². The zero-order valence-corrected chi connectivity index (χ0v) is 11.6. The molecule has 110 valence electrons. The maximum Gasteiger partial charge on any atom is 0.329 e. The Balaban J connectivity index is 1.95. The van der Waals surface area contributed by atoms with E-state index in [1.807, 2.05) is 11.0 Å². The lowest BCUT2D eigenvalue weighted by atomic mass is 9.78. The van der Waals surface area contributed by atoms with E-state index in [0.717, 1.165) is 25.8 Å². The molecule has 1 saturated heterocycles. The molecule has 2 aliphatic rings. The second-order valence-electron chi connectivity index (χ2n) is 5.82. The van der Waals surface area contributed by atoms with E-state index >= 15 is 0 Å². The fourth-order valence-electron chi connectivity index (χ4n) is 3.63. The Morgan fingerprint density at radius 3 is 2.95 bits per heavy atom. The van der Waals surface area contributed by atoms with Crippen LogP contribution in [0.5, 0.6) is 0 Å². The van der Waals surface area contributed by atoms with Crippen LogP contribution in [0.1, 0.15) is 24.8 Å². The smallest absolute Gasteiger partial charge is 0.329 e. The third-order valence-corrected chi connectivity index (χ3v) is 4.66. The molecular formula is C14H17N5O2. The highest BCUT2D eigenvalue weighted by Gasteiger charge is 2.41. The third kappa shape index (κ3) is 2.32. The molecule has 1 aliphatic carbocycles. The summed E-state index contributed by atoms with van der Waals surface area (Å²) >= 11 is 0. The maximum atomic E-state index is 11.3. The molecule has 21 heavy (non-hydrogen) atoms. The molecule has 1 aromatic heterocycles. The second-order valence-corrected chi connectivity index (χ2v) is 5.82. The van der Waals surface area contributed by atoms with Crippen molar-refractivity contribution in [2.75, 3.05) is 18.0 Å². The third-order valence-electron chi connectivity index (χ3n) is 4.66. The lowest BCUT2D eigenvalue weighted by Crippen LogP contribution is -2.38. The summed E-state index contributed by atoms with van der Waals surface area (Å²) in [5.74, 6) is 1.15. The molecule has 0 aromatic carbocycles. The average Bonchev–Trinajstić information content (AvgIpc) is 2.91. The summed E-state index contributed by atoms with van der Waals surface area (Å²) < 4.78 is 0. The monoisotopic (exact) mass is 287 g/mol. The Labute approximate surface area is 122 Å². The van der Waals surface area contributed by atoms with Crippen molar-refractivity contribution in [3.8, 4) is 6.07 Å². The molecule has 2 heterocycles. The second kappa shape index (κ2) is 5.30. The van der Waals surface area contributed by atoms with Crippen molar-refractivity contribution in [2.24, 2.45) is 17.6 Å². The summed E-state index contributed by atoms with van der Waals surface area (Å²) in [5.41, 5.74) is 6.05. The van der Waals surface area contributed by atoms with Gasteiger partial charge in [-0.05, 0) is 30.7 Å². The first-order chi connectivity index (χ1) is 10.1.